The molecule has 0 aromatic rings. The SMILES string of the molecule is CCC1CCC(C2CCC(C(N)=O)CC2)CC1. The highest BCUT2D eigenvalue weighted by molar-refractivity contribution is 5.76. The normalized spacial score (nSPS) is 38.9. The Morgan fingerprint density at radius 1 is 0.941 bits per heavy atom. The molecule has 0 aliphatic heterocycles. The maximum atomic E-state index is 11.1. The van der Waals surface area contributed by atoms with Gasteiger partial charge in [-0.1, -0.05) is 26.2 Å². The third kappa shape index (κ3) is 3.23. The van der Waals surface area contributed by atoms with Crippen molar-refractivity contribution in [1.29, 1.82) is 0 Å². The molecule has 2 fully saturated rings. The Morgan fingerprint density at radius 2 is 1.41 bits per heavy atom. The fourth-order valence-electron chi connectivity index (χ4n) is 3.94. The molecule has 98 valence electrons. The van der Waals surface area contributed by atoms with Gasteiger partial charge in [-0.25, -0.2) is 0 Å². The van der Waals surface area contributed by atoms with Crippen molar-refractivity contribution in [2.75, 3.05) is 0 Å². The van der Waals surface area contributed by atoms with Crippen molar-refractivity contribution in [2.45, 2.75) is 64.7 Å². The maximum Gasteiger partial charge on any atom is 0.220 e. The van der Waals surface area contributed by atoms with Gasteiger partial charge in [0, 0.05) is 5.92 Å². The van der Waals surface area contributed by atoms with Gasteiger partial charge in [-0.05, 0) is 56.3 Å². The Kier molecular flexibility index (Phi) is 4.47. The zero-order chi connectivity index (χ0) is 12.3. The van der Waals surface area contributed by atoms with Crippen LogP contribution in [0.15, 0.2) is 0 Å². The second kappa shape index (κ2) is 5.88. The molecule has 2 heteroatoms. The molecule has 17 heavy (non-hydrogen) atoms. The molecule has 0 unspecified atom stereocenters. The van der Waals surface area contributed by atoms with E-state index in [2.05, 4.69) is 6.92 Å². The molecule has 0 spiro atoms. The predicted octanol–water partition coefficient (Wildman–Crippen LogP) is 3.49. The van der Waals surface area contributed by atoms with Gasteiger partial charge in [0.25, 0.3) is 0 Å². The first-order chi connectivity index (χ1) is 8.20. The molecular formula is C15H27NO. The molecule has 2 saturated carbocycles. The molecule has 2 aliphatic rings. The topological polar surface area (TPSA) is 43.1 Å². The summed E-state index contributed by atoms with van der Waals surface area (Å²) >= 11 is 0. The van der Waals surface area contributed by atoms with Gasteiger partial charge in [0.05, 0.1) is 0 Å². The van der Waals surface area contributed by atoms with Crippen molar-refractivity contribution in [2.24, 2.45) is 29.4 Å². The quantitative estimate of drug-likeness (QED) is 0.802. The molecule has 2 rings (SSSR count). The number of nitrogens with two attached hydrogens (primary N) is 1. The van der Waals surface area contributed by atoms with Crippen LogP contribution in [-0.4, -0.2) is 5.91 Å². The molecule has 0 aromatic carbocycles. The number of amides is 1. The third-order valence-electron chi connectivity index (χ3n) is 5.31. The highest BCUT2D eigenvalue weighted by atomic mass is 16.1. The third-order valence-corrected chi connectivity index (χ3v) is 5.31. The van der Waals surface area contributed by atoms with Crippen LogP contribution in [0.25, 0.3) is 0 Å². The average molecular weight is 237 g/mol. The first-order valence-corrected chi connectivity index (χ1v) is 7.50. The summed E-state index contributed by atoms with van der Waals surface area (Å²) in [6, 6.07) is 0. The summed E-state index contributed by atoms with van der Waals surface area (Å²) in [6.45, 7) is 2.32. The Balaban J connectivity index is 1.76. The summed E-state index contributed by atoms with van der Waals surface area (Å²) in [5, 5.41) is 0. The summed E-state index contributed by atoms with van der Waals surface area (Å²) in [5.41, 5.74) is 5.39. The Morgan fingerprint density at radius 3 is 1.82 bits per heavy atom. The van der Waals surface area contributed by atoms with E-state index in [4.69, 9.17) is 5.73 Å². The van der Waals surface area contributed by atoms with Crippen molar-refractivity contribution in [3.05, 3.63) is 0 Å². The number of carbonyl (C=O) groups is 1. The first kappa shape index (κ1) is 12.9. The molecular weight excluding hydrogens is 210 g/mol. The Labute approximate surface area is 105 Å². The fraction of sp³-hybridized carbons (Fsp3) is 0.933. The van der Waals surface area contributed by atoms with E-state index in [1.165, 1.54) is 44.9 Å². The largest absolute Gasteiger partial charge is 0.369 e. The molecule has 2 nitrogen and oxygen atoms in total. The maximum absolute atomic E-state index is 11.1. The van der Waals surface area contributed by atoms with E-state index >= 15 is 0 Å². The van der Waals surface area contributed by atoms with E-state index in [-0.39, 0.29) is 11.8 Å². The summed E-state index contributed by atoms with van der Waals surface area (Å²) < 4.78 is 0. The summed E-state index contributed by atoms with van der Waals surface area (Å²) in [6.07, 6.45) is 11.7. The standard InChI is InChI=1S/C15H27NO/c1-2-11-3-5-12(6-4-11)13-7-9-14(10-8-13)15(16)17/h11-14H,2-10H2,1H3,(H2,16,17). The predicted molar refractivity (Wildman–Crippen MR) is 70.4 cm³/mol. The lowest BCUT2D eigenvalue weighted by Gasteiger charge is -2.37. The number of rotatable bonds is 3. The smallest absolute Gasteiger partial charge is 0.220 e. The number of primary amides is 1. The van der Waals surface area contributed by atoms with E-state index in [9.17, 15) is 4.79 Å². The summed E-state index contributed by atoms with van der Waals surface area (Å²) in [7, 11) is 0. The average Bonchev–Trinajstić information content (AvgIpc) is 2.39. The molecule has 0 radical (unpaired) electrons. The van der Waals surface area contributed by atoms with Gasteiger partial charge < -0.3 is 5.73 Å². The van der Waals surface area contributed by atoms with Crippen LogP contribution in [-0.2, 0) is 4.79 Å². The van der Waals surface area contributed by atoms with E-state index in [0.717, 1.165) is 30.6 Å². The minimum atomic E-state index is -0.0712. The van der Waals surface area contributed by atoms with Crippen molar-refractivity contribution in [3.63, 3.8) is 0 Å². The number of hydrogen-bond acceptors (Lipinski definition) is 1. The highest BCUT2D eigenvalue weighted by Crippen LogP contribution is 2.41. The van der Waals surface area contributed by atoms with E-state index < -0.39 is 0 Å². The zero-order valence-electron chi connectivity index (χ0n) is 11.2. The minimum Gasteiger partial charge on any atom is -0.369 e. The van der Waals surface area contributed by atoms with Crippen LogP contribution in [0.3, 0.4) is 0 Å². The first-order valence-electron chi connectivity index (χ1n) is 7.50. The molecule has 2 aliphatic carbocycles. The molecule has 1 amide bonds. The van der Waals surface area contributed by atoms with Gasteiger partial charge in [-0.15, -0.1) is 0 Å². The molecule has 0 aromatic heterocycles. The van der Waals surface area contributed by atoms with Crippen molar-refractivity contribution < 1.29 is 4.79 Å². The van der Waals surface area contributed by atoms with E-state index in [1.54, 1.807) is 0 Å². The lowest BCUT2D eigenvalue weighted by atomic mass is 9.69. The molecule has 0 bridgehead atoms. The van der Waals surface area contributed by atoms with Crippen LogP contribution in [0.2, 0.25) is 0 Å². The monoisotopic (exact) mass is 237 g/mol. The second-order valence-corrected chi connectivity index (χ2v) is 6.20. The van der Waals surface area contributed by atoms with Gasteiger partial charge in [0.2, 0.25) is 5.91 Å². The van der Waals surface area contributed by atoms with Crippen LogP contribution in [0, 0.1) is 23.7 Å². The highest BCUT2D eigenvalue weighted by Gasteiger charge is 2.31. The lowest BCUT2D eigenvalue weighted by Crippen LogP contribution is -2.31. The van der Waals surface area contributed by atoms with Gasteiger partial charge in [-0.3, -0.25) is 4.79 Å². The second-order valence-electron chi connectivity index (χ2n) is 6.20. The van der Waals surface area contributed by atoms with Crippen LogP contribution < -0.4 is 5.73 Å². The van der Waals surface area contributed by atoms with Gasteiger partial charge >= 0.3 is 0 Å². The van der Waals surface area contributed by atoms with Crippen molar-refractivity contribution in [3.8, 4) is 0 Å². The molecule has 0 atom stereocenters. The van der Waals surface area contributed by atoms with Crippen molar-refractivity contribution in [1.82, 2.24) is 0 Å². The zero-order valence-corrected chi connectivity index (χ0v) is 11.2. The van der Waals surface area contributed by atoms with E-state index in [0.29, 0.717) is 0 Å². The van der Waals surface area contributed by atoms with Gasteiger partial charge in [-0.2, -0.15) is 0 Å². The van der Waals surface area contributed by atoms with Crippen LogP contribution in [0.1, 0.15) is 64.7 Å². The van der Waals surface area contributed by atoms with Gasteiger partial charge in [0.1, 0.15) is 0 Å². The van der Waals surface area contributed by atoms with Crippen LogP contribution in [0.4, 0.5) is 0 Å². The fourth-order valence-corrected chi connectivity index (χ4v) is 3.94. The van der Waals surface area contributed by atoms with Crippen LogP contribution in [0.5, 0.6) is 0 Å². The van der Waals surface area contributed by atoms with Crippen LogP contribution >= 0.6 is 0 Å². The van der Waals surface area contributed by atoms with E-state index in [1.807, 2.05) is 0 Å². The number of carbonyl (C=O) groups excluding carboxylic acids is 1. The van der Waals surface area contributed by atoms with Crippen molar-refractivity contribution >= 4 is 5.91 Å². The molecule has 2 N–H and O–H groups in total. The Bertz CT molecular complexity index is 248. The molecule has 0 heterocycles. The Hall–Kier alpha value is -0.530. The van der Waals surface area contributed by atoms with Gasteiger partial charge in [0.15, 0.2) is 0 Å². The minimum absolute atomic E-state index is 0.0712. The summed E-state index contributed by atoms with van der Waals surface area (Å²) in [5.74, 6) is 2.94. The number of hydrogen-bond donors (Lipinski definition) is 1. The lowest BCUT2D eigenvalue weighted by molar-refractivity contribution is -0.123. The molecule has 0 saturated heterocycles. The summed E-state index contributed by atoms with van der Waals surface area (Å²) in [4.78, 5) is 11.1.